The van der Waals surface area contributed by atoms with Crippen molar-refractivity contribution < 1.29 is 14.7 Å². The highest BCUT2D eigenvalue weighted by Crippen LogP contribution is 2.35. The summed E-state index contributed by atoms with van der Waals surface area (Å²) < 4.78 is 0. The molecule has 0 bridgehead atoms. The predicted molar refractivity (Wildman–Crippen MR) is 69.8 cm³/mol. The van der Waals surface area contributed by atoms with E-state index in [-0.39, 0.29) is 12.6 Å². The Hall–Kier alpha value is -2.12. The van der Waals surface area contributed by atoms with E-state index in [2.05, 4.69) is 20.5 Å². The Morgan fingerprint density at radius 2 is 2.20 bits per heavy atom. The van der Waals surface area contributed by atoms with E-state index in [4.69, 9.17) is 0 Å². The molecule has 1 aliphatic heterocycles. The molecule has 8 nitrogen and oxygen atoms in total. The van der Waals surface area contributed by atoms with Gasteiger partial charge in [0.25, 0.3) is 0 Å². The molecule has 2 heterocycles. The fourth-order valence-electron chi connectivity index (χ4n) is 2.44. The first-order valence-electron chi connectivity index (χ1n) is 6.68. The molecule has 1 fully saturated rings. The van der Waals surface area contributed by atoms with Gasteiger partial charge in [-0.05, 0) is 19.3 Å². The first kappa shape index (κ1) is 14.3. The summed E-state index contributed by atoms with van der Waals surface area (Å²) in [5.41, 5.74) is -0.679. The number of urea groups is 1. The molecule has 0 radical (unpaired) electrons. The van der Waals surface area contributed by atoms with Crippen LogP contribution in [-0.2, 0) is 11.3 Å². The molecule has 0 aliphatic carbocycles. The highest BCUT2D eigenvalue weighted by Gasteiger charge is 2.40. The topological polar surface area (TPSA) is 111 Å². The third-order valence-electron chi connectivity index (χ3n) is 4.01. The quantitative estimate of drug-likeness (QED) is 0.748. The molecule has 1 aliphatic rings. The van der Waals surface area contributed by atoms with Gasteiger partial charge in [-0.25, -0.2) is 9.78 Å². The van der Waals surface area contributed by atoms with Gasteiger partial charge in [0, 0.05) is 13.1 Å². The SMILES string of the molecule is CCC1(C(=O)O)CCN(C(=O)NCc2ncn[nH]2)CC1. The number of carboxylic acids is 1. The molecule has 8 heteroatoms. The summed E-state index contributed by atoms with van der Waals surface area (Å²) in [7, 11) is 0. The minimum atomic E-state index is -0.762. The largest absolute Gasteiger partial charge is 0.481 e. The van der Waals surface area contributed by atoms with Gasteiger partial charge in [-0.3, -0.25) is 9.89 Å². The fourth-order valence-corrected chi connectivity index (χ4v) is 2.44. The maximum Gasteiger partial charge on any atom is 0.317 e. The van der Waals surface area contributed by atoms with E-state index in [1.54, 1.807) is 4.90 Å². The van der Waals surface area contributed by atoms with Crippen LogP contribution in [0.25, 0.3) is 0 Å². The molecule has 3 N–H and O–H groups in total. The van der Waals surface area contributed by atoms with Crippen molar-refractivity contribution in [2.75, 3.05) is 13.1 Å². The zero-order valence-corrected chi connectivity index (χ0v) is 11.4. The summed E-state index contributed by atoms with van der Waals surface area (Å²) in [5, 5.41) is 18.4. The number of piperidine rings is 1. The molecule has 0 unspecified atom stereocenters. The average Bonchev–Trinajstić information content (AvgIpc) is 2.98. The lowest BCUT2D eigenvalue weighted by atomic mass is 9.76. The van der Waals surface area contributed by atoms with Crippen LogP contribution in [0.1, 0.15) is 32.0 Å². The standard InChI is InChI=1S/C12H19N5O3/c1-2-12(10(18)19)3-5-17(6-4-12)11(20)13-7-9-14-8-15-16-9/h8H,2-7H2,1H3,(H,13,20)(H,18,19)(H,14,15,16). The van der Waals surface area contributed by atoms with Gasteiger partial charge in [0.2, 0.25) is 0 Å². The molecule has 0 atom stereocenters. The number of nitrogens with one attached hydrogen (secondary N) is 2. The summed E-state index contributed by atoms with van der Waals surface area (Å²) >= 11 is 0. The molecule has 2 rings (SSSR count). The normalized spacial score (nSPS) is 17.8. The highest BCUT2D eigenvalue weighted by atomic mass is 16.4. The van der Waals surface area contributed by atoms with E-state index in [0.29, 0.717) is 38.2 Å². The number of hydrogen-bond acceptors (Lipinski definition) is 4. The van der Waals surface area contributed by atoms with Crippen LogP contribution in [0.15, 0.2) is 6.33 Å². The maximum absolute atomic E-state index is 12.0. The van der Waals surface area contributed by atoms with Crippen LogP contribution in [0.5, 0.6) is 0 Å². The van der Waals surface area contributed by atoms with Crippen molar-refractivity contribution in [3.8, 4) is 0 Å². The van der Waals surface area contributed by atoms with Crippen molar-refractivity contribution in [3.05, 3.63) is 12.2 Å². The summed E-state index contributed by atoms with van der Waals surface area (Å²) in [5.74, 6) is -0.175. The molecule has 110 valence electrons. The summed E-state index contributed by atoms with van der Waals surface area (Å²) in [6, 6.07) is -0.198. The van der Waals surface area contributed by atoms with Gasteiger partial charge >= 0.3 is 12.0 Å². The van der Waals surface area contributed by atoms with Crippen LogP contribution in [0.4, 0.5) is 4.79 Å². The van der Waals surface area contributed by atoms with E-state index < -0.39 is 11.4 Å². The molecule has 1 aromatic heterocycles. The smallest absolute Gasteiger partial charge is 0.317 e. The van der Waals surface area contributed by atoms with E-state index >= 15 is 0 Å². The minimum Gasteiger partial charge on any atom is -0.481 e. The van der Waals surface area contributed by atoms with Crippen molar-refractivity contribution in [3.63, 3.8) is 0 Å². The van der Waals surface area contributed by atoms with Crippen molar-refractivity contribution in [2.45, 2.75) is 32.7 Å². The molecule has 1 saturated heterocycles. The van der Waals surface area contributed by atoms with E-state index in [1.807, 2.05) is 6.92 Å². The zero-order chi connectivity index (χ0) is 14.6. The second kappa shape index (κ2) is 5.89. The van der Waals surface area contributed by atoms with Crippen LogP contribution < -0.4 is 5.32 Å². The molecule has 20 heavy (non-hydrogen) atoms. The lowest BCUT2D eigenvalue weighted by Gasteiger charge is -2.38. The van der Waals surface area contributed by atoms with Crippen LogP contribution in [-0.4, -0.2) is 50.3 Å². The summed E-state index contributed by atoms with van der Waals surface area (Å²) in [6.07, 6.45) is 2.96. The second-order valence-corrected chi connectivity index (χ2v) is 5.02. The van der Waals surface area contributed by atoms with Gasteiger partial charge in [-0.15, -0.1) is 0 Å². The summed E-state index contributed by atoms with van der Waals surface area (Å²) in [4.78, 5) is 28.9. The van der Waals surface area contributed by atoms with Gasteiger partial charge in [-0.1, -0.05) is 6.92 Å². The Labute approximate surface area is 116 Å². The van der Waals surface area contributed by atoms with Crippen molar-refractivity contribution in [2.24, 2.45) is 5.41 Å². The maximum atomic E-state index is 12.0. The van der Waals surface area contributed by atoms with E-state index in [1.165, 1.54) is 6.33 Å². The lowest BCUT2D eigenvalue weighted by Crippen LogP contribution is -2.49. The number of carbonyl (C=O) groups excluding carboxylic acids is 1. The number of H-pyrrole nitrogens is 1. The molecule has 2 amide bonds. The number of amides is 2. The third-order valence-corrected chi connectivity index (χ3v) is 4.01. The highest BCUT2D eigenvalue weighted by molar-refractivity contribution is 5.77. The number of aromatic nitrogens is 3. The number of aliphatic carboxylic acids is 1. The van der Waals surface area contributed by atoms with Gasteiger partial charge in [0.05, 0.1) is 12.0 Å². The molecular formula is C12H19N5O3. The van der Waals surface area contributed by atoms with Crippen LogP contribution in [0, 0.1) is 5.41 Å². The van der Waals surface area contributed by atoms with Crippen molar-refractivity contribution in [1.82, 2.24) is 25.4 Å². The monoisotopic (exact) mass is 281 g/mol. The van der Waals surface area contributed by atoms with Crippen LogP contribution in [0.3, 0.4) is 0 Å². The zero-order valence-electron chi connectivity index (χ0n) is 11.4. The van der Waals surface area contributed by atoms with E-state index in [0.717, 1.165) is 0 Å². The van der Waals surface area contributed by atoms with Crippen molar-refractivity contribution >= 4 is 12.0 Å². The Morgan fingerprint density at radius 1 is 1.50 bits per heavy atom. The molecule has 0 aromatic carbocycles. The van der Waals surface area contributed by atoms with Gasteiger partial charge < -0.3 is 15.3 Å². The Bertz CT molecular complexity index is 465. The van der Waals surface area contributed by atoms with Crippen LogP contribution >= 0.6 is 0 Å². The Morgan fingerprint density at radius 3 is 2.70 bits per heavy atom. The Kier molecular flexibility index (Phi) is 4.21. The number of rotatable bonds is 4. The molecule has 0 spiro atoms. The first-order valence-corrected chi connectivity index (χ1v) is 6.68. The number of aromatic amines is 1. The van der Waals surface area contributed by atoms with Crippen molar-refractivity contribution in [1.29, 1.82) is 0 Å². The molecule has 0 saturated carbocycles. The minimum absolute atomic E-state index is 0.198. The number of carbonyl (C=O) groups is 2. The van der Waals surface area contributed by atoms with Crippen LogP contribution in [0.2, 0.25) is 0 Å². The first-order chi connectivity index (χ1) is 9.57. The van der Waals surface area contributed by atoms with Gasteiger partial charge in [0.15, 0.2) is 0 Å². The number of nitrogens with zero attached hydrogens (tertiary/aromatic N) is 3. The molecular weight excluding hydrogens is 262 g/mol. The predicted octanol–water partition coefficient (Wildman–Crippen LogP) is 0.591. The van der Waals surface area contributed by atoms with Gasteiger partial charge in [-0.2, -0.15) is 5.10 Å². The van der Waals surface area contributed by atoms with E-state index in [9.17, 15) is 14.7 Å². The number of likely N-dealkylation sites (tertiary alicyclic amines) is 1. The fraction of sp³-hybridized carbons (Fsp3) is 0.667. The third kappa shape index (κ3) is 2.89. The number of carboxylic acid groups (broad SMARTS) is 1. The average molecular weight is 281 g/mol. The Balaban J connectivity index is 1.84. The number of hydrogen-bond donors (Lipinski definition) is 3. The molecule has 1 aromatic rings. The van der Waals surface area contributed by atoms with Gasteiger partial charge in [0.1, 0.15) is 12.2 Å². The second-order valence-electron chi connectivity index (χ2n) is 5.02. The lowest BCUT2D eigenvalue weighted by molar-refractivity contribution is -0.151. The summed E-state index contributed by atoms with van der Waals surface area (Å²) in [6.45, 7) is 3.09.